The Kier molecular flexibility index (Phi) is 59.3. The van der Waals surface area contributed by atoms with E-state index in [0.717, 1.165) is 103 Å². The van der Waals surface area contributed by atoms with E-state index in [-0.39, 0.29) is 37.5 Å². The third kappa shape index (κ3) is 60.8. The Bertz CT molecular complexity index is 1520. The van der Waals surface area contributed by atoms with Crippen molar-refractivity contribution in [3.05, 3.63) is 109 Å². The molecule has 0 aromatic carbocycles. The van der Waals surface area contributed by atoms with Crippen LogP contribution in [0.3, 0.4) is 0 Å². The Hall–Kier alpha value is -3.93. The number of allylic oxidation sites excluding steroid dienone is 18. The summed E-state index contributed by atoms with van der Waals surface area (Å²) in [5.74, 6) is -1.00. The summed E-state index contributed by atoms with van der Waals surface area (Å²) in [4.78, 5) is 38.2. The van der Waals surface area contributed by atoms with Crippen molar-refractivity contribution in [3.63, 3.8) is 0 Å². The smallest absolute Gasteiger partial charge is 0.306 e. The number of carbonyl (C=O) groups is 3. The van der Waals surface area contributed by atoms with Gasteiger partial charge in [-0.2, -0.15) is 0 Å². The van der Waals surface area contributed by atoms with Gasteiger partial charge in [0.05, 0.1) is 0 Å². The summed E-state index contributed by atoms with van der Waals surface area (Å²) in [5.41, 5.74) is 0. The summed E-state index contributed by atoms with van der Waals surface area (Å²) in [6, 6.07) is 0. The maximum atomic E-state index is 12.9. The molecule has 75 heavy (non-hydrogen) atoms. The molecular formula is C69H116O6. The molecule has 1 unspecified atom stereocenters. The van der Waals surface area contributed by atoms with Crippen molar-refractivity contribution >= 4 is 17.9 Å². The fourth-order valence-electron chi connectivity index (χ4n) is 8.62. The summed E-state index contributed by atoms with van der Waals surface area (Å²) in [7, 11) is 0. The van der Waals surface area contributed by atoms with Crippen molar-refractivity contribution in [2.45, 2.75) is 297 Å². The average Bonchev–Trinajstić information content (AvgIpc) is 3.41. The zero-order chi connectivity index (χ0) is 54.3. The van der Waals surface area contributed by atoms with Crippen LogP contribution in [0.25, 0.3) is 0 Å². The van der Waals surface area contributed by atoms with Crippen LogP contribution in [0, 0.1) is 0 Å². The quantitative estimate of drug-likeness (QED) is 0.0261. The maximum absolute atomic E-state index is 12.9. The zero-order valence-electron chi connectivity index (χ0n) is 49.0. The van der Waals surface area contributed by atoms with Gasteiger partial charge < -0.3 is 14.2 Å². The normalized spacial score (nSPS) is 12.8. The van der Waals surface area contributed by atoms with E-state index >= 15 is 0 Å². The van der Waals surface area contributed by atoms with Gasteiger partial charge in [0.15, 0.2) is 6.10 Å². The summed E-state index contributed by atoms with van der Waals surface area (Å²) in [5, 5.41) is 0. The fourth-order valence-corrected chi connectivity index (χ4v) is 8.62. The number of unbranched alkanes of at least 4 members (excludes halogenated alkanes) is 27. The minimum absolute atomic E-state index is 0.106. The van der Waals surface area contributed by atoms with Crippen LogP contribution in [-0.4, -0.2) is 37.2 Å². The molecular weight excluding hydrogens is 925 g/mol. The largest absolute Gasteiger partial charge is 0.462 e. The van der Waals surface area contributed by atoms with Gasteiger partial charge in [0.1, 0.15) is 13.2 Å². The van der Waals surface area contributed by atoms with E-state index in [1.807, 2.05) is 6.08 Å². The Morgan fingerprint density at radius 2 is 0.547 bits per heavy atom. The van der Waals surface area contributed by atoms with Crippen LogP contribution >= 0.6 is 0 Å². The van der Waals surface area contributed by atoms with E-state index < -0.39 is 6.10 Å². The van der Waals surface area contributed by atoms with Gasteiger partial charge in [-0.25, -0.2) is 0 Å². The first-order chi connectivity index (χ1) is 37.0. The van der Waals surface area contributed by atoms with Gasteiger partial charge in [0, 0.05) is 19.3 Å². The lowest BCUT2D eigenvalue weighted by Gasteiger charge is -2.18. The van der Waals surface area contributed by atoms with E-state index in [1.165, 1.54) is 141 Å². The Labute approximate surface area is 463 Å². The SMILES string of the molecule is CC/C=C\C/C=C\C/C=C\C/C=C\CCCCCCCCC(=O)OC(COC(=O)CC/C=C\C/C=C\C/C=C\C/C=C\CC)COC(=O)CCCCCCCCCCCCCCC/C=C\CCCCCCCCCC. The molecule has 1 atom stereocenters. The lowest BCUT2D eigenvalue weighted by Crippen LogP contribution is -2.30. The standard InChI is InChI=1S/C69H116O6/c1-4-7-10-13-16-19-22-25-27-29-31-32-33-34-35-36-38-39-41-44-47-50-53-56-59-62-68(71)74-65-66(64-73-67(70)61-58-55-52-49-46-43-24-21-18-15-12-9-6-3)75-69(72)63-60-57-54-51-48-45-42-40-37-30-28-26-23-20-17-14-11-8-5-2/h8-9,11-12,17-18,20-21,26,28-29,31,37,40,43,46,52,55,66H,4-7,10,13-16,19,22-25,27,30,32-36,38-39,41-42,44-45,47-51,53-54,56-65H2,1-3H3/b11-8-,12-9-,20-17-,21-18-,28-26-,31-29-,40-37-,46-43-,55-52-. The number of esters is 3. The molecule has 0 radical (unpaired) electrons. The number of ether oxygens (including phenoxy) is 3. The topological polar surface area (TPSA) is 78.9 Å². The van der Waals surface area contributed by atoms with Crippen LogP contribution in [0.15, 0.2) is 109 Å². The third-order valence-electron chi connectivity index (χ3n) is 13.3. The van der Waals surface area contributed by atoms with Gasteiger partial charge in [-0.05, 0) is 109 Å². The first kappa shape index (κ1) is 71.1. The van der Waals surface area contributed by atoms with Crippen LogP contribution in [0.5, 0.6) is 0 Å². The number of carbonyl (C=O) groups excluding carboxylic acids is 3. The van der Waals surface area contributed by atoms with Gasteiger partial charge in [-0.15, -0.1) is 0 Å². The van der Waals surface area contributed by atoms with Gasteiger partial charge in [0.25, 0.3) is 0 Å². The molecule has 0 aliphatic heterocycles. The van der Waals surface area contributed by atoms with Gasteiger partial charge in [-0.3, -0.25) is 14.4 Å². The van der Waals surface area contributed by atoms with Crippen LogP contribution < -0.4 is 0 Å². The van der Waals surface area contributed by atoms with Crippen molar-refractivity contribution in [2.75, 3.05) is 13.2 Å². The molecule has 0 N–H and O–H groups in total. The Morgan fingerprint density at radius 1 is 0.280 bits per heavy atom. The summed E-state index contributed by atoms with van der Waals surface area (Å²) < 4.78 is 16.8. The predicted octanol–water partition coefficient (Wildman–Crippen LogP) is 21.4. The molecule has 0 aromatic heterocycles. The van der Waals surface area contributed by atoms with E-state index in [4.69, 9.17) is 14.2 Å². The summed E-state index contributed by atoms with van der Waals surface area (Å²) in [6.45, 7) is 6.35. The molecule has 0 aromatic rings. The van der Waals surface area contributed by atoms with Crippen LogP contribution in [-0.2, 0) is 28.6 Å². The van der Waals surface area contributed by atoms with Crippen LogP contribution in [0.1, 0.15) is 290 Å². The zero-order valence-corrected chi connectivity index (χ0v) is 49.0. The molecule has 0 heterocycles. The van der Waals surface area contributed by atoms with E-state index in [2.05, 4.69) is 124 Å². The Balaban J connectivity index is 4.36. The van der Waals surface area contributed by atoms with E-state index in [0.29, 0.717) is 19.3 Å². The van der Waals surface area contributed by atoms with Crippen molar-refractivity contribution in [1.29, 1.82) is 0 Å². The van der Waals surface area contributed by atoms with Crippen LogP contribution in [0.2, 0.25) is 0 Å². The van der Waals surface area contributed by atoms with Crippen molar-refractivity contribution in [3.8, 4) is 0 Å². The van der Waals surface area contributed by atoms with Crippen LogP contribution in [0.4, 0.5) is 0 Å². The second-order valence-electron chi connectivity index (χ2n) is 20.5. The van der Waals surface area contributed by atoms with Gasteiger partial charge >= 0.3 is 17.9 Å². The van der Waals surface area contributed by atoms with Crippen molar-refractivity contribution in [2.24, 2.45) is 0 Å². The maximum Gasteiger partial charge on any atom is 0.306 e. The highest BCUT2D eigenvalue weighted by atomic mass is 16.6. The second kappa shape index (κ2) is 62.6. The highest BCUT2D eigenvalue weighted by molar-refractivity contribution is 5.71. The molecule has 0 spiro atoms. The predicted molar refractivity (Wildman–Crippen MR) is 325 cm³/mol. The highest BCUT2D eigenvalue weighted by Gasteiger charge is 2.19. The summed E-state index contributed by atoms with van der Waals surface area (Å²) >= 11 is 0. The molecule has 0 saturated heterocycles. The molecule has 0 aliphatic carbocycles. The van der Waals surface area contributed by atoms with Gasteiger partial charge in [0.2, 0.25) is 0 Å². The minimum atomic E-state index is -0.817. The summed E-state index contributed by atoms with van der Waals surface area (Å²) in [6.07, 6.45) is 85.4. The molecule has 0 fully saturated rings. The molecule has 0 rings (SSSR count). The van der Waals surface area contributed by atoms with Crippen molar-refractivity contribution < 1.29 is 28.6 Å². The van der Waals surface area contributed by atoms with Gasteiger partial charge in [-0.1, -0.05) is 271 Å². The average molecular weight is 1040 g/mol. The van der Waals surface area contributed by atoms with E-state index in [9.17, 15) is 14.4 Å². The van der Waals surface area contributed by atoms with Crippen molar-refractivity contribution in [1.82, 2.24) is 0 Å². The first-order valence-electron chi connectivity index (χ1n) is 31.4. The molecule has 0 amide bonds. The fraction of sp³-hybridized carbons (Fsp3) is 0.696. The first-order valence-corrected chi connectivity index (χ1v) is 31.4. The Morgan fingerprint density at radius 3 is 0.907 bits per heavy atom. The lowest BCUT2D eigenvalue weighted by atomic mass is 10.0. The monoisotopic (exact) mass is 1040 g/mol. The molecule has 0 saturated carbocycles. The molecule has 6 nitrogen and oxygen atoms in total. The molecule has 0 bridgehead atoms. The lowest BCUT2D eigenvalue weighted by molar-refractivity contribution is -0.166. The molecule has 6 heteroatoms. The van der Waals surface area contributed by atoms with E-state index in [1.54, 1.807) is 0 Å². The second-order valence-corrected chi connectivity index (χ2v) is 20.5. The minimum Gasteiger partial charge on any atom is -0.462 e. The number of hydrogen-bond donors (Lipinski definition) is 0. The highest BCUT2D eigenvalue weighted by Crippen LogP contribution is 2.16. The third-order valence-corrected chi connectivity index (χ3v) is 13.3. The molecule has 0 aliphatic rings. The molecule has 428 valence electrons. The number of rotatable bonds is 56. The number of hydrogen-bond acceptors (Lipinski definition) is 6.